The summed E-state index contributed by atoms with van der Waals surface area (Å²) in [5.41, 5.74) is 1.55. The van der Waals surface area contributed by atoms with Crippen LogP contribution in [0.25, 0.3) is 0 Å². The maximum atomic E-state index is 13.3. The first kappa shape index (κ1) is 14.5. The molecule has 0 saturated heterocycles. The van der Waals surface area contributed by atoms with Crippen molar-refractivity contribution in [2.45, 2.75) is 26.8 Å². The Bertz CT molecular complexity index is 583. The van der Waals surface area contributed by atoms with Gasteiger partial charge in [-0.1, -0.05) is 6.92 Å². The predicted octanol–water partition coefficient (Wildman–Crippen LogP) is 2.55. The van der Waals surface area contributed by atoms with Gasteiger partial charge in [-0.3, -0.25) is 0 Å². The molecule has 0 fully saturated rings. The SMILES string of the molecule is CCCNCc1cc(F)cnc1Oc1cc(C)nn1C. The Morgan fingerprint density at radius 3 is 2.85 bits per heavy atom. The second kappa shape index (κ2) is 6.47. The summed E-state index contributed by atoms with van der Waals surface area (Å²) >= 11 is 0. The minimum Gasteiger partial charge on any atom is -0.421 e. The molecule has 6 heteroatoms. The molecule has 0 bridgehead atoms. The van der Waals surface area contributed by atoms with Gasteiger partial charge in [-0.05, 0) is 26.0 Å². The smallest absolute Gasteiger partial charge is 0.225 e. The van der Waals surface area contributed by atoms with Crippen molar-refractivity contribution in [3.63, 3.8) is 0 Å². The van der Waals surface area contributed by atoms with E-state index in [2.05, 4.69) is 22.3 Å². The van der Waals surface area contributed by atoms with Gasteiger partial charge in [-0.25, -0.2) is 14.1 Å². The molecular formula is C14H19FN4O. The minimum atomic E-state index is -0.369. The number of aromatic nitrogens is 3. The van der Waals surface area contributed by atoms with E-state index in [1.54, 1.807) is 11.7 Å². The maximum Gasteiger partial charge on any atom is 0.225 e. The molecule has 108 valence electrons. The largest absolute Gasteiger partial charge is 0.421 e. The molecule has 2 aromatic rings. The molecule has 5 nitrogen and oxygen atoms in total. The van der Waals surface area contributed by atoms with Gasteiger partial charge in [0.15, 0.2) is 0 Å². The summed E-state index contributed by atoms with van der Waals surface area (Å²) in [6.45, 7) is 5.34. The molecule has 0 atom stereocenters. The molecule has 0 amide bonds. The standard InChI is InChI=1S/C14H19FN4O/c1-4-5-16-8-11-7-12(15)9-17-14(11)20-13-6-10(2)18-19(13)3/h6-7,9,16H,4-5,8H2,1-3H3. The summed E-state index contributed by atoms with van der Waals surface area (Å²) in [4.78, 5) is 4.02. The lowest BCUT2D eigenvalue weighted by Gasteiger charge is -2.10. The summed E-state index contributed by atoms with van der Waals surface area (Å²) in [5, 5.41) is 7.42. The molecule has 20 heavy (non-hydrogen) atoms. The number of halogens is 1. The average Bonchev–Trinajstić information content (AvgIpc) is 2.71. The Hall–Kier alpha value is -1.95. The van der Waals surface area contributed by atoms with Gasteiger partial charge in [0.25, 0.3) is 0 Å². The van der Waals surface area contributed by atoms with Crippen LogP contribution in [-0.4, -0.2) is 21.3 Å². The molecular weight excluding hydrogens is 259 g/mol. The number of ether oxygens (including phenoxy) is 1. The van der Waals surface area contributed by atoms with Gasteiger partial charge >= 0.3 is 0 Å². The van der Waals surface area contributed by atoms with Gasteiger partial charge in [-0.2, -0.15) is 5.10 Å². The summed E-state index contributed by atoms with van der Waals surface area (Å²) < 4.78 is 20.7. The first-order valence-electron chi connectivity index (χ1n) is 6.63. The lowest BCUT2D eigenvalue weighted by molar-refractivity contribution is 0.406. The normalized spacial score (nSPS) is 10.8. The summed E-state index contributed by atoms with van der Waals surface area (Å²) in [7, 11) is 1.79. The molecule has 0 aliphatic rings. The van der Waals surface area contributed by atoms with Crippen LogP contribution in [0.15, 0.2) is 18.3 Å². The third-order valence-corrected chi connectivity index (χ3v) is 2.79. The highest BCUT2D eigenvalue weighted by Crippen LogP contribution is 2.23. The fourth-order valence-corrected chi connectivity index (χ4v) is 1.87. The zero-order chi connectivity index (χ0) is 14.5. The fourth-order valence-electron chi connectivity index (χ4n) is 1.87. The number of nitrogens with one attached hydrogen (secondary N) is 1. The van der Waals surface area contributed by atoms with E-state index in [1.807, 2.05) is 13.0 Å². The van der Waals surface area contributed by atoms with Crippen molar-refractivity contribution >= 4 is 0 Å². The molecule has 0 aliphatic carbocycles. The predicted molar refractivity (Wildman–Crippen MR) is 74.2 cm³/mol. The van der Waals surface area contributed by atoms with Crippen LogP contribution < -0.4 is 10.1 Å². The molecule has 0 spiro atoms. The van der Waals surface area contributed by atoms with Crippen molar-refractivity contribution < 1.29 is 9.13 Å². The van der Waals surface area contributed by atoms with E-state index in [1.165, 1.54) is 6.07 Å². The lowest BCUT2D eigenvalue weighted by atomic mass is 10.2. The van der Waals surface area contributed by atoms with Crippen molar-refractivity contribution in [3.8, 4) is 11.8 Å². The number of hydrogen-bond donors (Lipinski definition) is 1. The fraction of sp³-hybridized carbons (Fsp3) is 0.429. The van der Waals surface area contributed by atoms with Gasteiger partial charge < -0.3 is 10.1 Å². The Kier molecular flexibility index (Phi) is 4.68. The van der Waals surface area contributed by atoms with E-state index in [9.17, 15) is 4.39 Å². The average molecular weight is 278 g/mol. The van der Waals surface area contributed by atoms with Crippen molar-refractivity contribution in [3.05, 3.63) is 35.4 Å². The molecule has 0 aliphatic heterocycles. The number of aryl methyl sites for hydroxylation is 2. The van der Waals surface area contributed by atoms with Crippen molar-refractivity contribution in [1.29, 1.82) is 0 Å². The molecule has 2 heterocycles. The van der Waals surface area contributed by atoms with E-state index < -0.39 is 0 Å². The van der Waals surface area contributed by atoms with Crippen molar-refractivity contribution in [2.24, 2.45) is 7.05 Å². The van der Waals surface area contributed by atoms with E-state index >= 15 is 0 Å². The molecule has 0 aromatic carbocycles. The summed E-state index contributed by atoms with van der Waals surface area (Å²) in [6.07, 6.45) is 2.17. The van der Waals surface area contributed by atoms with Crippen molar-refractivity contribution in [1.82, 2.24) is 20.1 Å². The highest BCUT2D eigenvalue weighted by Gasteiger charge is 2.11. The van der Waals surface area contributed by atoms with Crippen LogP contribution in [0.3, 0.4) is 0 Å². The molecule has 1 N–H and O–H groups in total. The van der Waals surface area contributed by atoms with Gasteiger partial charge in [-0.15, -0.1) is 0 Å². The third kappa shape index (κ3) is 3.54. The van der Waals surface area contributed by atoms with Crippen molar-refractivity contribution in [2.75, 3.05) is 6.54 Å². The highest BCUT2D eigenvalue weighted by molar-refractivity contribution is 5.30. The van der Waals surface area contributed by atoms with E-state index in [-0.39, 0.29) is 5.82 Å². The highest BCUT2D eigenvalue weighted by atomic mass is 19.1. The van der Waals surface area contributed by atoms with Crippen LogP contribution in [0, 0.1) is 12.7 Å². The van der Waals surface area contributed by atoms with Gasteiger partial charge in [0, 0.05) is 25.2 Å². The van der Waals surface area contributed by atoms with Gasteiger partial charge in [0.05, 0.1) is 11.9 Å². The number of nitrogens with zero attached hydrogens (tertiary/aromatic N) is 3. The topological polar surface area (TPSA) is 52.0 Å². The molecule has 2 rings (SSSR count). The zero-order valence-electron chi connectivity index (χ0n) is 12.0. The zero-order valence-corrected chi connectivity index (χ0v) is 12.0. The monoisotopic (exact) mass is 278 g/mol. The first-order valence-corrected chi connectivity index (χ1v) is 6.63. The van der Waals surface area contributed by atoms with Crippen LogP contribution in [0.1, 0.15) is 24.6 Å². The third-order valence-electron chi connectivity index (χ3n) is 2.79. The Labute approximate surface area is 117 Å². The first-order chi connectivity index (χ1) is 9.60. The Morgan fingerprint density at radius 1 is 1.40 bits per heavy atom. The minimum absolute atomic E-state index is 0.369. The number of rotatable bonds is 6. The summed E-state index contributed by atoms with van der Waals surface area (Å²) in [6, 6.07) is 3.25. The number of pyridine rings is 1. The Morgan fingerprint density at radius 2 is 2.20 bits per heavy atom. The maximum absolute atomic E-state index is 13.3. The second-order valence-corrected chi connectivity index (χ2v) is 4.64. The molecule has 0 unspecified atom stereocenters. The van der Waals surface area contributed by atoms with Gasteiger partial charge in [0.2, 0.25) is 11.8 Å². The van der Waals surface area contributed by atoms with E-state index in [4.69, 9.17) is 4.74 Å². The Balaban J connectivity index is 2.19. The van der Waals surface area contributed by atoms with Gasteiger partial charge in [0.1, 0.15) is 5.82 Å². The summed E-state index contributed by atoms with van der Waals surface area (Å²) in [5.74, 6) is 0.614. The molecule has 0 saturated carbocycles. The second-order valence-electron chi connectivity index (χ2n) is 4.64. The lowest BCUT2D eigenvalue weighted by Crippen LogP contribution is -2.15. The van der Waals surface area contributed by atoms with E-state index in [0.717, 1.165) is 24.9 Å². The molecule has 0 radical (unpaired) electrons. The van der Waals surface area contributed by atoms with Crippen LogP contribution in [0.2, 0.25) is 0 Å². The van der Waals surface area contributed by atoms with Crippen LogP contribution >= 0.6 is 0 Å². The number of hydrogen-bond acceptors (Lipinski definition) is 4. The van der Waals surface area contributed by atoms with Crippen LogP contribution in [0.4, 0.5) is 4.39 Å². The van der Waals surface area contributed by atoms with E-state index in [0.29, 0.717) is 23.9 Å². The molecule has 2 aromatic heterocycles. The quantitative estimate of drug-likeness (QED) is 0.825. The van der Waals surface area contributed by atoms with Crippen LogP contribution in [-0.2, 0) is 13.6 Å². The van der Waals surface area contributed by atoms with Crippen LogP contribution in [0.5, 0.6) is 11.8 Å².